The first-order valence-electron chi connectivity index (χ1n) is 6.25. The van der Waals surface area contributed by atoms with Crippen LogP contribution >= 0.6 is 0 Å². The lowest BCUT2D eigenvalue weighted by atomic mass is 9.91. The third-order valence-corrected chi connectivity index (χ3v) is 3.39. The van der Waals surface area contributed by atoms with Crippen LogP contribution in [0.2, 0.25) is 0 Å². The molecule has 0 spiro atoms. The monoisotopic (exact) mass is 218 g/mol. The Morgan fingerprint density at radius 3 is 2.31 bits per heavy atom. The van der Waals surface area contributed by atoms with E-state index in [0.29, 0.717) is 12.1 Å². The number of rotatable bonds is 2. The van der Waals surface area contributed by atoms with Crippen molar-refractivity contribution in [3.63, 3.8) is 0 Å². The van der Waals surface area contributed by atoms with Crippen molar-refractivity contribution in [3.05, 3.63) is 29.3 Å². The molecule has 1 aliphatic rings. The second-order valence-electron chi connectivity index (χ2n) is 5.08. The standard InChI is InChI=1S/C14H22N2/c1-10-7-11(2)9-12(8-10)16-14-6-4-3-5-13(14)15/h7-9,13-14,16H,3-6,15H2,1-2H3/t13-,14+/m1/s1. The van der Waals surface area contributed by atoms with Gasteiger partial charge in [-0.2, -0.15) is 0 Å². The molecule has 2 heteroatoms. The molecule has 0 heterocycles. The van der Waals surface area contributed by atoms with Crippen molar-refractivity contribution < 1.29 is 0 Å². The first-order chi connectivity index (χ1) is 7.65. The van der Waals surface area contributed by atoms with Crippen LogP contribution in [0, 0.1) is 13.8 Å². The van der Waals surface area contributed by atoms with Gasteiger partial charge in [0, 0.05) is 17.8 Å². The highest BCUT2D eigenvalue weighted by Crippen LogP contribution is 2.22. The zero-order valence-electron chi connectivity index (χ0n) is 10.3. The molecule has 0 amide bonds. The molecule has 1 aromatic rings. The molecule has 2 atom stereocenters. The van der Waals surface area contributed by atoms with E-state index in [1.807, 2.05) is 0 Å². The van der Waals surface area contributed by atoms with Crippen molar-refractivity contribution in [1.29, 1.82) is 0 Å². The fraction of sp³-hybridized carbons (Fsp3) is 0.571. The maximum Gasteiger partial charge on any atom is 0.0412 e. The van der Waals surface area contributed by atoms with Crippen LogP contribution in [0.3, 0.4) is 0 Å². The number of hydrogen-bond acceptors (Lipinski definition) is 2. The quantitative estimate of drug-likeness (QED) is 0.801. The lowest BCUT2D eigenvalue weighted by Gasteiger charge is -2.30. The summed E-state index contributed by atoms with van der Waals surface area (Å²) in [5.41, 5.74) is 9.99. The molecule has 1 saturated carbocycles. The predicted octanol–water partition coefficient (Wildman–Crippen LogP) is 2.99. The zero-order chi connectivity index (χ0) is 11.5. The van der Waals surface area contributed by atoms with Crippen LogP contribution in [0.5, 0.6) is 0 Å². The van der Waals surface area contributed by atoms with E-state index in [-0.39, 0.29) is 0 Å². The highest BCUT2D eigenvalue weighted by molar-refractivity contribution is 5.49. The molecule has 1 aliphatic carbocycles. The van der Waals surface area contributed by atoms with E-state index in [9.17, 15) is 0 Å². The SMILES string of the molecule is Cc1cc(C)cc(N[C@H]2CCCC[C@H]2N)c1. The van der Waals surface area contributed by atoms with E-state index in [0.717, 1.165) is 6.42 Å². The van der Waals surface area contributed by atoms with E-state index >= 15 is 0 Å². The van der Waals surface area contributed by atoms with Gasteiger partial charge in [0.25, 0.3) is 0 Å². The van der Waals surface area contributed by atoms with Gasteiger partial charge in [-0.25, -0.2) is 0 Å². The maximum absolute atomic E-state index is 6.14. The summed E-state index contributed by atoms with van der Waals surface area (Å²) in [7, 11) is 0. The first kappa shape index (κ1) is 11.5. The Morgan fingerprint density at radius 2 is 1.69 bits per heavy atom. The van der Waals surface area contributed by atoms with E-state index in [4.69, 9.17) is 5.73 Å². The van der Waals surface area contributed by atoms with Crippen LogP contribution in [0.15, 0.2) is 18.2 Å². The summed E-state index contributed by atoms with van der Waals surface area (Å²) < 4.78 is 0. The second-order valence-corrected chi connectivity index (χ2v) is 5.08. The molecule has 88 valence electrons. The van der Waals surface area contributed by atoms with Gasteiger partial charge < -0.3 is 11.1 Å². The highest BCUT2D eigenvalue weighted by atomic mass is 15.0. The summed E-state index contributed by atoms with van der Waals surface area (Å²) in [5, 5.41) is 3.59. The van der Waals surface area contributed by atoms with Crippen LogP contribution in [0.25, 0.3) is 0 Å². The third kappa shape index (κ3) is 2.76. The topological polar surface area (TPSA) is 38.0 Å². The fourth-order valence-corrected chi connectivity index (χ4v) is 2.61. The van der Waals surface area contributed by atoms with E-state index in [2.05, 4.69) is 37.4 Å². The number of anilines is 1. The summed E-state index contributed by atoms with van der Waals surface area (Å²) >= 11 is 0. The lowest BCUT2D eigenvalue weighted by Crippen LogP contribution is -2.42. The van der Waals surface area contributed by atoms with Gasteiger partial charge in [0.1, 0.15) is 0 Å². The minimum Gasteiger partial charge on any atom is -0.381 e. The number of nitrogens with two attached hydrogens (primary N) is 1. The Morgan fingerprint density at radius 1 is 1.06 bits per heavy atom. The lowest BCUT2D eigenvalue weighted by molar-refractivity contribution is 0.404. The minimum atomic E-state index is 0.314. The summed E-state index contributed by atoms with van der Waals surface area (Å²) in [6, 6.07) is 7.37. The molecule has 0 bridgehead atoms. The van der Waals surface area contributed by atoms with E-state index in [1.54, 1.807) is 0 Å². The van der Waals surface area contributed by atoms with E-state index in [1.165, 1.54) is 36.1 Å². The highest BCUT2D eigenvalue weighted by Gasteiger charge is 2.21. The summed E-state index contributed by atoms with van der Waals surface area (Å²) in [6.45, 7) is 4.28. The smallest absolute Gasteiger partial charge is 0.0412 e. The van der Waals surface area contributed by atoms with Crippen molar-refractivity contribution in [3.8, 4) is 0 Å². The van der Waals surface area contributed by atoms with Gasteiger partial charge in [0.2, 0.25) is 0 Å². The molecule has 1 fully saturated rings. The molecule has 0 radical (unpaired) electrons. The Bertz CT molecular complexity index is 340. The molecule has 16 heavy (non-hydrogen) atoms. The Labute approximate surface area is 98.2 Å². The molecule has 2 nitrogen and oxygen atoms in total. The van der Waals surface area contributed by atoms with Gasteiger partial charge in [0.05, 0.1) is 0 Å². The number of nitrogens with one attached hydrogen (secondary N) is 1. The molecule has 0 aliphatic heterocycles. The van der Waals surface area contributed by atoms with Gasteiger partial charge in [-0.05, 0) is 49.9 Å². The number of benzene rings is 1. The van der Waals surface area contributed by atoms with Gasteiger partial charge in [-0.15, -0.1) is 0 Å². The molecule has 3 N–H and O–H groups in total. The van der Waals surface area contributed by atoms with Gasteiger partial charge in [-0.3, -0.25) is 0 Å². The molecule has 0 unspecified atom stereocenters. The fourth-order valence-electron chi connectivity index (χ4n) is 2.61. The van der Waals surface area contributed by atoms with Crippen LogP contribution in [-0.2, 0) is 0 Å². The number of aryl methyl sites for hydroxylation is 2. The molecule has 2 rings (SSSR count). The van der Waals surface area contributed by atoms with Gasteiger partial charge in [0.15, 0.2) is 0 Å². The Balaban J connectivity index is 2.07. The van der Waals surface area contributed by atoms with Crippen molar-refractivity contribution in [2.75, 3.05) is 5.32 Å². The van der Waals surface area contributed by atoms with E-state index < -0.39 is 0 Å². The molecule has 1 aromatic carbocycles. The van der Waals surface area contributed by atoms with Crippen LogP contribution < -0.4 is 11.1 Å². The normalized spacial score (nSPS) is 25.4. The largest absolute Gasteiger partial charge is 0.381 e. The summed E-state index contributed by atoms with van der Waals surface area (Å²) in [4.78, 5) is 0. The molecular formula is C14H22N2. The average molecular weight is 218 g/mol. The molecular weight excluding hydrogens is 196 g/mol. The minimum absolute atomic E-state index is 0.314. The van der Waals surface area contributed by atoms with Crippen molar-refractivity contribution in [1.82, 2.24) is 0 Å². The van der Waals surface area contributed by atoms with Gasteiger partial charge >= 0.3 is 0 Å². The van der Waals surface area contributed by atoms with Crippen LogP contribution in [0.1, 0.15) is 36.8 Å². The van der Waals surface area contributed by atoms with Gasteiger partial charge in [-0.1, -0.05) is 18.9 Å². The molecule has 0 saturated heterocycles. The van der Waals surface area contributed by atoms with Crippen molar-refractivity contribution in [2.24, 2.45) is 5.73 Å². The second kappa shape index (κ2) is 4.88. The van der Waals surface area contributed by atoms with Crippen LogP contribution in [0.4, 0.5) is 5.69 Å². The number of hydrogen-bond donors (Lipinski definition) is 2. The zero-order valence-corrected chi connectivity index (χ0v) is 10.3. The summed E-state index contributed by atoms with van der Waals surface area (Å²) in [5.74, 6) is 0. The Kier molecular flexibility index (Phi) is 3.49. The molecule has 0 aromatic heterocycles. The van der Waals surface area contributed by atoms with Crippen LogP contribution in [-0.4, -0.2) is 12.1 Å². The summed E-state index contributed by atoms with van der Waals surface area (Å²) in [6.07, 6.45) is 4.94. The van der Waals surface area contributed by atoms with Crippen molar-refractivity contribution >= 4 is 5.69 Å². The third-order valence-electron chi connectivity index (χ3n) is 3.39. The first-order valence-corrected chi connectivity index (χ1v) is 6.25. The predicted molar refractivity (Wildman–Crippen MR) is 69.8 cm³/mol. The Hall–Kier alpha value is -1.02. The average Bonchev–Trinajstić information content (AvgIpc) is 2.20. The van der Waals surface area contributed by atoms with Crippen molar-refractivity contribution in [2.45, 2.75) is 51.6 Å². The maximum atomic E-state index is 6.14.